The highest BCUT2D eigenvalue weighted by Crippen LogP contribution is 2.24. The fraction of sp³-hybridized carbons (Fsp3) is 0.278. The number of benzene rings is 2. The summed E-state index contributed by atoms with van der Waals surface area (Å²) in [7, 11) is 0. The molecule has 23 heavy (non-hydrogen) atoms. The van der Waals surface area contributed by atoms with Gasteiger partial charge in [0.1, 0.15) is 0 Å². The van der Waals surface area contributed by atoms with Crippen LogP contribution < -0.4 is 0 Å². The van der Waals surface area contributed by atoms with Gasteiger partial charge in [-0.15, -0.1) is 11.8 Å². The second kappa shape index (κ2) is 9.21. The lowest BCUT2D eigenvalue weighted by Gasteiger charge is -2.21. The molecule has 0 bridgehead atoms. The summed E-state index contributed by atoms with van der Waals surface area (Å²) in [6, 6.07) is 15.6. The summed E-state index contributed by atoms with van der Waals surface area (Å²) in [4.78, 5) is 14.2. The smallest absolute Gasteiger partial charge is 0.232 e. The maximum atomic E-state index is 12.3. The lowest BCUT2D eigenvalue weighted by Crippen LogP contribution is -2.31. The predicted octanol–water partition coefficient (Wildman–Crippen LogP) is 5.28. The Kier molecular flexibility index (Phi) is 7.28. The van der Waals surface area contributed by atoms with E-state index in [-0.39, 0.29) is 5.91 Å². The molecule has 0 heterocycles. The van der Waals surface area contributed by atoms with Gasteiger partial charge >= 0.3 is 0 Å². The summed E-state index contributed by atoms with van der Waals surface area (Å²) in [6.07, 6.45) is 0. The van der Waals surface area contributed by atoms with Crippen molar-refractivity contribution < 1.29 is 4.79 Å². The molecule has 2 rings (SSSR count). The Hall–Kier alpha value is -1.16. The highest BCUT2D eigenvalue weighted by Gasteiger charge is 2.12. The molecule has 2 aromatic rings. The van der Waals surface area contributed by atoms with Crippen molar-refractivity contribution in [2.24, 2.45) is 0 Å². The molecule has 5 heteroatoms. The second-order valence-corrected chi connectivity index (χ2v) is 6.93. The minimum atomic E-state index is 0.154. The molecule has 0 aliphatic heterocycles. The number of hydrogen-bond donors (Lipinski definition) is 0. The third kappa shape index (κ3) is 5.76. The van der Waals surface area contributed by atoms with Crippen LogP contribution in [0, 0.1) is 0 Å². The van der Waals surface area contributed by atoms with Crippen LogP contribution in [-0.4, -0.2) is 23.1 Å². The van der Waals surface area contributed by atoms with Gasteiger partial charge in [0.2, 0.25) is 5.91 Å². The zero-order valence-electron chi connectivity index (χ0n) is 13.0. The van der Waals surface area contributed by atoms with E-state index in [1.54, 1.807) is 17.8 Å². The van der Waals surface area contributed by atoms with Gasteiger partial charge < -0.3 is 4.90 Å². The van der Waals surface area contributed by atoms with Crippen molar-refractivity contribution in [1.29, 1.82) is 0 Å². The Bertz CT molecular complexity index is 649. The van der Waals surface area contributed by atoms with Crippen LogP contribution in [-0.2, 0) is 17.1 Å². The van der Waals surface area contributed by atoms with Gasteiger partial charge in [0.25, 0.3) is 0 Å². The van der Waals surface area contributed by atoms with Crippen LogP contribution in [0.1, 0.15) is 18.1 Å². The van der Waals surface area contributed by atoms with Crippen LogP contribution in [0.25, 0.3) is 0 Å². The number of carbonyl (C=O) groups excluding carboxylic acids is 1. The van der Waals surface area contributed by atoms with Gasteiger partial charge in [0.05, 0.1) is 15.8 Å². The molecule has 0 fully saturated rings. The monoisotopic (exact) mass is 367 g/mol. The van der Waals surface area contributed by atoms with Crippen LogP contribution in [0.4, 0.5) is 0 Å². The summed E-state index contributed by atoms with van der Waals surface area (Å²) in [5.74, 6) is 1.35. The molecule has 0 saturated heterocycles. The minimum absolute atomic E-state index is 0.154. The molecule has 0 saturated carbocycles. The highest BCUT2D eigenvalue weighted by atomic mass is 35.5. The number of thioether (sulfide) groups is 1. The van der Waals surface area contributed by atoms with E-state index in [0.717, 1.165) is 16.9 Å². The summed E-state index contributed by atoms with van der Waals surface area (Å²) in [5, 5.41) is 1.10. The van der Waals surface area contributed by atoms with Gasteiger partial charge in [-0.2, -0.15) is 0 Å². The molecular formula is C18H19Cl2NOS. The van der Waals surface area contributed by atoms with Crippen molar-refractivity contribution >= 4 is 40.9 Å². The van der Waals surface area contributed by atoms with E-state index >= 15 is 0 Å². The van der Waals surface area contributed by atoms with Gasteiger partial charge in [-0.3, -0.25) is 4.79 Å². The molecule has 0 N–H and O–H groups in total. The highest BCUT2D eigenvalue weighted by molar-refractivity contribution is 7.99. The van der Waals surface area contributed by atoms with Gasteiger partial charge in [0.15, 0.2) is 0 Å². The zero-order valence-corrected chi connectivity index (χ0v) is 15.3. The molecule has 0 unspecified atom stereocenters. The fourth-order valence-corrected chi connectivity index (χ4v) is 3.35. The fourth-order valence-electron chi connectivity index (χ4n) is 2.16. The maximum Gasteiger partial charge on any atom is 0.232 e. The Morgan fingerprint density at radius 2 is 1.78 bits per heavy atom. The molecule has 0 aliphatic rings. The van der Waals surface area contributed by atoms with E-state index in [2.05, 4.69) is 0 Å². The first kappa shape index (κ1) is 18.2. The molecule has 122 valence electrons. The van der Waals surface area contributed by atoms with Crippen molar-refractivity contribution in [3.8, 4) is 0 Å². The molecular weight excluding hydrogens is 349 g/mol. The molecule has 0 atom stereocenters. The molecule has 1 amide bonds. The van der Waals surface area contributed by atoms with E-state index in [1.165, 1.54) is 0 Å². The first-order valence-electron chi connectivity index (χ1n) is 7.43. The van der Waals surface area contributed by atoms with E-state index in [9.17, 15) is 4.79 Å². The average Bonchev–Trinajstić information content (AvgIpc) is 2.56. The number of nitrogens with zero attached hydrogens (tertiary/aromatic N) is 1. The predicted molar refractivity (Wildman–Crippen MR) is 100 cm³/mol. The molecule has 2 nitrogen and oxygen atoms in total. The first-order valence-corrected chi connectivity index (χ1v) is 9.34. The van der Waals surface area contributed by atoms with Gasteiger partial charge in [-0.05, 0) is 30.2 Å². The number of carbonyl (C=O) groups is 1. The zero-order chi connectivity index (χ0) is 16.7. The SMILES string of the molecule is CCN(Cc1ccccc1)C(=O)CSCc1ccc(Cl)c(Cl)c1. The first-order chi connectivity index (χ1) is 11.1. The lowest BCUT2D eigenvalue weighted by molar-refractivity contribution is -0.128. The average molecular weight is 368 g/mol. The van der Waals surface area contributed by atoms with Crippen LogP contribution in [0.5, 0.6) is 0 Å². The standard InChI is InChI=1S/C18H19Cl2NOS/c1-2-21(11-14-6-4-3-5-7-14)18(22)13-23-12-15-8-9-16(19)17(20)10-15/h3-10H,2,11-13H2,1H3. The third-order valence-electron chi connectivity index (χ3n) is 3.43. The number of amides is 1. The van der Waals surface area contributed by atoms with Crippen LogP contribution >= 0.6 is 35.0 Å². The van der Waals surface area contributed by atoms with E-state index in [1.807, 2.05) is 54.3 Å². The number of hydrogen-bond acceptors (Lipinski definition) is 2. The number of halogens is 2. The third-order valence-corrected chi connectivity index (χ3v) is 5.16. The van der Waals surface area contributed by atoms with Crippen LogP contribution in [0.3, 0.4) is 0 Å². The molecule has 0 aliphatic carbocycles. The van der Waals surface area contributed by atoms with E-state index < -0.39 is 0 Å². The summed E-state index contributed by atoms with van der Waals surface area (Å²) in [5.41, 5.74) is 2.22. The minimum Gasteiger partial charge on any atom is -0.338 e. The molecule has 2 aromatic carbocycles. The Morgan fingerprint density at radius 1 is 1.04 bits per heavy atom. The maximum absolute atomic E-state index is 12.3. The molecule has 0 spiro atoms. The Labute approximate surface area is 151 Å². The van der Waals surface area contributed by atoms with Gasteiger partial charge in [-0.1, -0.05) is 59.6 Å². The second-order valence-electron chi connectivity index (χ2n) is 5.13. The quantitative estimate of drug-likeness (QED) is 0.663. The lowest BCUT2D eigenvalue weighted by atomic mass is 10.2. The summed E-state index contributed by atoms with van der Waals surface area (Å²) >= 11 is 13.5. The van der Waals surface area contributed by atoms with Crippen LogP contribution in [0.15, 0.2) is 48.5 Å². The van der Waals surface area contributed by atoms with Crippen molar-refractivity contribution in [3.05, 3.63) is 69.7 Å². The summed E-state index contributed by atoms with van der Waals surface area (Å²) < 4.78 is 0. The van der Waals surface area contributed by atoms with Crippen molar-refractivity contribution in [2.75, 3.05) is 12.3 Å². The number of rotatable bonds is 7. The van der Waals surface area contributed by atoms with Gasteiger partial charge in [-0.25, -0.2) is 0 Å². The van der Waals surface area contributed by atoms with Crippen LogP contribution in [0.2, 0.25) is 10.0 Å². The van der Waals surface area contributed by atoms with Crippen molar-refractivity contribution in [3.63, 3.8) is 0 Å². The molecule has 0 radical (unpaired) electrons. The topological polar surface area (TPSA) is 20.3 Å². The molecule has 0 aromatic heterocycles. The summed E-state index contributed by atoms with van der Waals surface area (Å²) in [6.45, 7) is 3.37. The largest absolute Gasteiger partial charge is 0.338 e. The van der Waals surface area contributed by atoms with Crippen molar-refractivity contribution in [2.45, 2.75) is 19.2 Å². The Morgan fingerprint density at radius 3 is 2.43 bits per heavy atom. The van der Waals surface area contributed by atoms with E-state index in [0.29, 0.717) is 28.9 Å². The van der Waals surface area contributed by atoms with Crippen molar-refractivity contribution in [1.82, 2.24) is 4.90 Å². The van der Waals surface area contributed by atoms with Gasteiger partial charge in [0, 0.05) is 18.8 Å². The van der Waals surface area contributed by atoms with E-state index in [4.69, 9.17) is 23.2 Å². The Balaban J connectivity index is 1.83. The normalized spacial score (nSPS) is 10.6.